The van der Waals surface area contributed by atoms with Crippen molar-refractivity contribution in [1.29, 1.82) is 0 Å². The highest BCUT2D eigenvalue weighted by molar-refractivity contribution is 4.60. The van der Waals surface area contributed by atoms with Gasteiger partial charge in [-0.15, -0.1) is 0 Å². The van der Waals surface area contributed by atoms with Crippen LogP contribution in [0.3, 0.4) is 0 Å². The van der Waals surface area contributed by atoms with E-state index in [0.717, 1.165) is 12.8 Å². The molecule has 0 bridgehead atoms. The molecular weight excluding hydrogens is 248 g/mol. The summed E-state index contributed by atoms with van der Waals surface area (Å²) in [5.41, 5.74) is 0. The Labute approximate surface area is 127 Å². The molecule has 0 aromatic carbocycles. The molecule has 1 atom stereocenters. The van der Waals surface area contributed by atoms with Gasteiger partial charge in [0.15, 0.2) is 0 Å². The molecule has 0 aliphatic carbocycles. The number of unbranched alkanes of at least 4 members (excludes halogenated alkanes) is 9. The quantitative estimate of drug-likeness (QED) is 0.324. The molecule has 0 aliphatic rings. The van der Waals surface area contributed by atoms with Crippen molar-refractivity contribution in [3.8, 4) is 0 Å². The largest absolute Gasteiger partial charge is 0.376 e. The van der Waals surface area contributed by atoms with Crippen molar-refractivity contribution in [2.24, 2.45) is 0 Å². The molecule has 0 spiro atoms. The van der Waals surface area contributed by atoms with Gasteiger partial charge in [-0.05, 0) is 12.8 Å². The first kappa shape index (κ1) is 19.9. The third kappa shape index (κ3) is 14.3. The standard InChI is InChI=1S/C18H37O2/c1-3-5-7-9-10-11-13-15-18(20-17-16-19)14-12-8-6-4-2/h18H,3-17H2,1-2H3. The first-order chi connectivity index (χ1) is 9.85. The monoisotopic (exact) mass is 285 g/mol. The Kier molecular flexibility index (Phi) is 16.9. The summed E-state index contributed by atoms with van der Waals surface area (Å²) in [7, 11) is 0. The molecule has 0 aromatic rings. The summed E-state index contributed by atoms with van der Waals surface area (Å²) in [6, 6.07) is 0. The molecule has 0 aliphatic heterocycles. The van der Waals surface area contributed by atoms with E-state index in [1.54, 1.807) is 0 Å². The Hall–Kier alpha value is -0.0800. The summed E-state index contributed by atoms with van der Waals surface area (Å²) in [4.78, 5) is 0. The maximum atomic E-state index is 10.6. The molecule has 0 rings (SSSR count). The van der Waals surface area contributed by atoms with Crippen LogP contribution in [0.15, 0.2) is 0 Å². The lowest BCUT2D eigenvalue weighted by Gasteiger charge is -2.17. The zero-order valence-electron chi connectivity index (χ0n) is 14.0. The summed E-state index contributed by atoms with van der Waals surface area (Å²) in [5, 5.41) is 10.6. The van der Waals surface area contributed by atoms with Crippen molar-refractivity contribution in [3.05, 3.63) is 0 Å². The summed E-state index contributed by atoms with van der Waals surface area (Å²) in [6.45, 7) is 4.80. The van der Waals surface area contributed by atoms with Crippen molar-refractivity contribution in [2.45, 2.75) is 103 Å². The summed E-state index contributed by atoms with van der Waals surface area (Å²) in [5.74, 6) is 0. The lowest BCUT2D eigenvalue weighted by molar-refractivity contribution is 0.00217. The summed E-state index contributed by atoms with van der Waals surface area (Å²) < 4.78 is 5.70. The van der Waals surface area contributed by atoms with Gasteiger partial charge in [0.1, 0.15) is 6.61 Å². The van der Waals surface area contributed by atoms with Crippen LogP contribution in [0.2, 0.25) is 0 Å². The number of ether oxygens (including phenoxy) is 1. The summed E-state index contributed by atoms with van der Waals surface area (Å²) in [6.07, 6.45) is 17.3. The van der Waals surface area contributed by atoms with Crippen molar-refractivity contribution in [3.63, 3.8) is 0 Å². The van der Waals surface area contributed by atoms with Crippen LogP contribution >= 0.6 is 0 Å². The van der Waals surface area contributed by atoms with Gasteiger partial charge in [-0.1, -0.05) is 84.5 Å². The van der Waals surface area contributed by atoms with E-state index in [9.17, 15) is 5.11 Å². The Bertz CT molecular complexity index is 171. The highest BCUT2D eigenvalue weighted by Crippen LogP contribution is 2.16. The second-order valence-corrected chi connectivity index (χ2v) is 5.96. The van der Waals surface area contributed by atoms with Gasteiger partial charge >= 0.3 is 0 Å². The topological polar surface area (TPSA) is 29.1 Å². The zero-order valence-corrected chi connectivity index (χ0v) is 14.0. The minimum absolute atomic E-state index is 0.0948. The van der Waals surface area contributed by atoms with Crippen LogP contribution in [0.25, 0.3) is 0 Å². The molecule has 2 heteroatoms. The van der Waals surface area contributed by atoms with Crippen LogP contribution in [0.1, 0.15) is 97.3 Å². The lowest BCUT2D eigenvalue weighted by Crippen LogP contribution is -2.15. The van der Waals surface area contributed by atoms with E-state index in [0.29, 0.717) is 12.7 Å². The number of rotatable bonds is 16. The fourth-order valence-electron chi connectivity index (χ4n) is 2.65. The molecule has 0 N–H and O–H groups in total. The van der Waals surface area contributed by atoms with Crippen LogP contribution in [0.4, 0.5) is 0 Å². The van der Waals surface area contributed by atoms with Gasteiger partial charge in [0.05, 0.1) is 12.7 Å². The average Bonchev–Trinajstić information content (AvgIpc) is 2.47. The van der Waals surface area contributed by atoms with Crippen LogP contribution in [-0.2, 0) is 9.84 Å². The molecule has 0 amide bonds. The van der Waals surface area contributed by atoms with Crippen LogP contribution in [-0.4, -0.2) is 19.3 Å². The molecule has 121 valence electrons. The molecule has 1 unspecified atom stereocenters. The molecule has 2 nitrogen and oxygen atoms in total. The van der Waals surface area contributed by atoms with Gasteiger partial charge in [0.2, 0.25) is 0 Å². The van der Waals surface area contributed by atoms with Gasteiger partial charge in [-0.25, -0.2) is 5.11 Å². The van der Waals surface area contributed by atoms with Gasteiger partial charge in [-0.2, -0.15) is 0 Å². The normalized spacial score (nSPS) is 12.8. The highest BCUT2D eigenvalue weighted by Gasteiger charge is 2.08. The SMILES string of the molecule is CCCCCCCCCC(CCCCCC)OCC[O]. The predicted octanol–water partition coefficient (Wildman–Crippen LogP) is 5.91. The molecule has 20 heavy (non-hydrogen) atoms. The van der Waals surface area contributed by atoms with Gasteiger partial charge in [0.25, 0.3) is 0 Å². The molecule has 0 saturated heterocycles. The van der Waals surface area contributed by atoms with Crippen molar-refractivity contribution in [2.75, 3.05) is 13.2 Å². The van der Waals surface area contributed by atoms with E-state index >= 15 is 0 Å². The minimum atomic E-state index is -0.0948. The Balaban J connectivity index is 3.53. The molecule has 0 aromatic heterocycles. The second-order valence-electron chi connectivity index (χ2n) is 5.96. The smallest absolute Gasteiger partial charge is 0.106 e. The predicted molar refractivity (Wildman–Crippen MR) is 86.7 cm³/mol. The van der Waals surface area contributed by atoms with Gasteiger partial charge in [0, 0.05) is 0 Å². The maximum Gasteiger partial charge on any atom is 0.106 e. The molecule has 0 heterocycles. The fourth-order valence-corrected chi connectivity index (χ4v) is 2.65. The Morgan fingerprint density at radius 3 is 1.65 bits per heavy atom. The van der Waals surface area contributed by atoms with E-state index in [-0.39, 0.29) is 6.61 Å². The van der Waals surface area contributed by atoms with E-state index in [2.05, 4.69) is 13.8 Å². The fraction of sp³-hybridized carbons (Fsp3) is 1.00. The Morgan fingerprint density at radius 2 is 1.15 bits per heavy atom. The highest BCUT2D eigenvalue weighted by atomic mass is 16.5. The molecular formula is C18H37O2. The Morgan fingerprint density at radius 1 is 0.700 bits per heavy atom. The molecule has 0 saturated carbocycles. The number of hydrogen-bond donors (Lipinski definition) is 0. The van der Waals surface area contributed by atoms with E-state index in [1.165, 1.54) is 70.6 Å². The van der Waals surface area contributed by atoms with Gasteiger partial charge in [-0.3, -0.25) is 0 Å². The van der Waals surface area contributed by atoms with Crippen LogP contribution in [0, 0.1) is 0 Å². The van der Waals surface area contributed by atoms with E-state index < -0.39 is 0 Å². The summed E-state index contributed by atoms with van der Waals surface area (Å²) >= 11 is 0. The van der Waals surface area contributed by atoms with Crippen molar-refractivity contribution in [1.82, 2.24) is 0 Å². The first-order valence-corrected chi connectivity index (χ1v) is 9.04. The lowest BCUT2D eigenvalue weighted by atomic mass is 10.0. The van der Waals surface area contributed by atoms with E-state index in [1.807, 2.05) is 0 Å². The maximum absolute atomic E-state index is 10.6. The number of hydrogen-bond acceptors (Lipinski definition) is 1. The third-order valence-electron chi connectivity index (χ3n) is 3.95. The van der Waals surface area contributed by atoms with Gasteiger partial charge < -0.3 is 4.74 Å². The van der Waals surface area contributed by atoms with Crippen molar-refractivity contribution < 1.29 is 9.84 Å². The average molecular weight is 285 g/mol. The molecule has 0 fully saturated rings. The zero-order chi connectivity index (χ0) is 14.9. The second kappa shape index (κ2) is 17.0. The molecule has 1 radical (unpaired) electrons. The van der Waals surface area contributed by atoms with E-state index in [4.69, 9.17) is 4.74 Å². The minimum Gasteiger partial charge on any atom is -0.376 e. The van der Waals surface area contributed by atoms with Crippen LogP contribution < -0.4 is 0 Å². The third-order valence-corrected chi connectivity index (χ3v) is 3.95. The van der Waals surface area contributed by atoms with Crippen molar-refractivity contribution >= 4 is 0 Å². The van der Waals surface area contributed by atoms with Crippen LogP contribution in [0.5, 0.6) is 0 Å². The first-order valence-electron chi connectivity index (χ1n) is 9.04.